The third kappa shape index (κ3) is 4.22. The van der Waals surface area contributed by atoms with Gasteiger partial charge in [-0.25, -0.2) is 0 Å². The summed E-state index contributed by atoms with van der Waals surface area (Å²) in [6.07, 6.45) is 0. The molecule has 0 aliphatic heterocycles. The van der Waals surface area contributed by atoms with Gasteiger partial charge in [-0.2, -0.15) is 0 Å². The Hall–Kier alpha value is -1.56. The van der Waals surface area contributed by atoms with Crippen molar-refractivity contribution in [1.29, 1.82) is 0 Å². The van der Waals surface area contributed by atoms with Crippen molar-refractivity contribution in [2.75, 3.05) is 27.7 Å². The molecule has 1 N–H and O–H groups in total. The van der Waals surface area contributed by atoms with Gasteiger partial charge in [0.2, 0.25) is 0 Å². The molecule has 0 aliphatic rings. The number of hydrogen-bond donors (Lipinski definition) is 1. The Morgan fingerprint density at radius 3 is 2.45 bits per heavy atom. The first-order chi connectivity index (χ1) is 10.5. The van der Waals surface area contributed by atoms with E-state index in [4.69, 9.17) is 16.3 Å². The first kappa shape index (κ1) is 16.8. The zero-order valence-corrected chi connectivity index (χ0v) is 14.4. The molecule has 22 heavy (non-hydrogen) atoms. The van der Waals surface area contributed by atoms with Gasteiger partial charge in [0, 0.05) is 6.54 Å². The Balaban J connectivity index is 2.03. The van der Waals surface area contributed by atoms with Gasteiger partial charge in [-0.3, -0.25) is 4.79 Å². The number of methoxy groups -OCH3 is 1. The second-order valence-corrected chi connectivity index (χ2v) is 6.78. The standard InChI is InChI=1S/C16H19ClN2O2S/c1-19(2)13(11-4-6-12(21-3)7-5-11)10-18-16(20)14-8-9-15(17)22-14/h4-9,13H,10H2,1-3H3,(H,18,20). The molecule has 1 amide bonds. The van der Waals surface area contributed by atoms with Gasteiger partial charge in [0.25, 0.3) is 5.91 Å². The molecule has 2 rings (SSSR count). The molecule has 0 radical (unpaired) electrons. The van der Waals surface area contributed by atoms with E-state index in [1.807, 2.05) is 38.4 Å². The van der Waals surface area contributed by atoms with Crippen LogP contribution in [0.1, 0.15) is 21.3 Å². The second kappa shape index (κ2) is 7.63. The number of amides is 1. The fraction of sp³-hybridized carbons (Fsp3) is 0.312. The normalized spacial score (nSPS) is 12.2. The maximum atomic E-state index is 12.1. The zero-order valence-electron chi connectivity index (χ0n) is 12.8. The number of rotatable bonds is 6. The summed E-state index contributed by atoms with van der Waals surface area (Å²) in [6.45, 7) is 0.522. The summed E-state index contributed by atoms with van der Waals surface area (Å²) in [5.74, 6) is 0.718. The number of carbonyl (C=O) groups is 1. The number of benzene rings is 1. The van der Waals surface area contributed by atoms with Gasteiger partial charge < -0.3 is 15.0 Å². The van der Waals surface area contributed by atoms with Crippen LogP contribution in [0.5, 0.6) is 5.75 Å². The van der Waals surface area contributed by atoms with Crippen LogP contribution in [0.15, 0.2) is 36.4 Å². The van der Waals surface area contributed by atoms with E-state index in [1.165, 1.54) is 11.3 Å². The number of ether oxygens (including phenoxy) is 1. The summed E-state index contributed by atoms with van der Waals surface area (Å²) in [4.78, 5) is 14.8. The molecule has 0 bridgehead atoms. The topological polar surface area (TPSA) is 41.6 Å². The Labute approximate surface area is 139 Å². The summed E-state index contributed by atoms with van der Waals surface area (Å²) >= 11 is 7.14. The smallest absolute Gasteiger partial charge is 0.261 e. The summed E-state index contributed by atoms with van der Waals surface area (Å²) in [7, 11) is 5.62. The van der Waals surface area contributed by atoms with E-state index in [0.717, 1.165) is 11.3 Å². The lowest BCUT2D eigenvalue weighted by Gasteiger charge is -2.25. The van der Waals surface area contributed by atoms with E-state index in [9.17, 15) is 4.79 Å². The molecule has 1 aromatic heterocycles. The monoisotopic (exact) mass is 338 g/mol. The van der Waals surface area contributed by atoms with Crippen molar-refractivity contribution in [3.05, 3.63) is 51.2 Å². The maximum absolute atomic E-state index is 12.1. The molecule has 1 unspecified atom stereocenters. The summed E-state index contributed by atoms with van der Waals surface area (Å²) in [5, 5.41) is 2.96. The Bertz CT molecular complexity index is 625. The molecule has 1 atom stereocenters. The first-order valence-corrected chi connectivity index (χ1v) is 8.04. The number of halogens is 1. The minimum absolute atomic E-state index is 0.0882. The number of thiophene rings is 1. The third-order valence-electron chi connectivity index (χ3n) is 3.38. The average Bonchev–Trinajstić information content (AvgIpc) is 2.94. The minimum Gasteiger partial charge on any atom is -0.497 e. The van der Waals surface area contributed by atoms with Crippen molar-refractivity contribution in [1.82, 2.24) is 10.2 Å². The number of hydrogen-bond acceptors (Lipinski definition) is 4. The van der Waals surface area contributed by atoms with E-state index in [2.05, 4.69) is 10.2 Å². The molecule has 2 aromatic rings. The van der Waals surface area contributed by atoms with E-state index in [1.54, 1.807) is 19.2 Å². The van der Waals surface area contributed by atoms with Crippen LogP contribution >= 0.6 is 22.9 Å². The molecule has 0 aliphatic carbocycles. The lowest BCUT2D eigenvalue weighted by Crippen LogP contribution is -2.34. The van der Waals surface area contributed by atoms with Gasteiger partial charge in [0.15, 0.2) is 0 Å². The fourth-order valence-electron chi connectivity index (χ4n) is 2.14. The van der Waals surface area contributed by atoms with Gasteiger partial charge in [-0.15, -0.1) is 11.3 Å². The van der Waals surface area contributed by atoms with Crippen molar-refractivity contribution in [3.8, 4) is 5.75 Å². The summed E-state index contributed by atoms with van der Waals surface area (Å²) < 4.78 is 5.79. The Morgan fingerprint density at radius 1 is 1.27 bits per heavy atom. The van der Waals surface area contributed by atoms with Crippen LogP contribution < -0.4 is 10.1 Å². The highest BCUT2D eigenvalue weighted by Crippen LogP contribution is 2.23. The minimum atomic E-state index is -0.0998. The van der Waals surface area contributed by atoms with Crippen LogP contribution in [0.2, 0.25) is 4.34 Å². The van der Waals surface area contributed by atoms with Gasteiger partial charge in [0.05, 0.1) is 22.4 Å². The Kier molecular flexibility index (Phi) is 5.83. The van der Waals surface area contributed by atoms with Crippen LogP contribution in [-0.2, 0) is 0 Å². The lowest BCUT2D eigenvalue weighted by molar-refractivity contribution is 0.0946. The van der Waals surface area contributed by atoms with Crippen LogP contribution in [0.25, 0.3) is 0 Å². The van der Waals surface area contributed by atoms with E-state index in [0.29, 0.717) is 15.8 Å². The number of likely N-dealkylation sites (N-methyl/N-ethyl adjacent to an activating group) is 1. The van der Waals surface area contributed by atoms with E-state index < -0.39 is 0 Å². The van der Waals surface area contributed by atoms with Crippen molar-refractivity contribution >= 4 is 28.8 Å². The van der Waals surface area contributed by atoms with Gasteiger partial charge >= 0.3 is 0 Å². The molecule has 0 saturated carbocycles. The molecule has 6 heteroatoms. The largest absolute Gasteiger partial charge is 0.497 e. The van der Waals surface area contributed by atoms with Crippen molar-refractivity contribution in [3.63, 3.8) is 0 Å². The van der Waals surface area contributed by atoms with Crippen molar-refractivity contribution in [2.45, 2.75) is 6.04 Å². The number of nitrogens with zero attached hydrogens (tertiary/aromatic N) is 1. The lowest BCUT2D eigenvalue weighted by atomic mass is 10.1. The molecular formula is C16H19ClN2O2S. The predicted octanol–water partition coefficient (Wildman–Crippen LogP) is 3.44. The highest BCUT2D eigenvalue weighted by atomic mass is 35.5. The highest BCUT2D eigenvalue weighted by Gasteiger charge is 2.16. The van der Waals surface area contributed by atoms with Crippen molar-refractivity contribution in [2.24, 2.45) is 0 Å². The van der Waals surface area contributed by atoms with Crippen LogP contribution in [-0.4, -0.2) is 38.6 Å². The molecular weight excluding hydrogens is 320 g/mol. The predicted molar refractivity (Wildman–Crippen MR) is 91.1 cm³/mol. The van der Waals surface area contributed by atoms with Crippen LogP contribution in [0, 0.1) is 0 Å². The molecule has 0 spiro atoms. The van der Waals surface area contributed by atoms with Crippen LogP contribution in [0.4, 0.5) is 0 Å². The van der Waals surface area contributed by atoms with E-state index >= 15 is 0 Å². The van der Waals surface area contributed by atoms with Crippen molar-refractivity contribution < 1.29 is 9.53 Å². The molecule has 118 valence electrons. The summed E-state index contributed by atoms with van der Waals surface area (Å²) in [6, 6.07) is 11.4. The molecule has 1 heterocycles. The summed E-state index contributed by atoms with van der Waals surface area (Å²) in [5.41, 5.74) is 1.12. The molecule has 1 aromatic carbocycles. The van der Waals surface area contributed by atoms with E-state index in [-0.39, 0.29) is 11.9 Å². The quantitative estimate of drug-likeness (QED) is 0.877. The highest BCUT2D eigenvalue weighted by molar-refractivity contribution is 7.17. The number of nitrogens with one attached hydrogen (secondary N) is 1. The molecule has 0 fully saturated rings. The first-order valence-electron chi connectivity index (χ1n) is 6.85. The molecule has 0 saturated heterocycles. The van der Waals surface area contributed by atoms with Gasteiger partial charge in [-0.05, 0) is 43.9 Å². The van der Waals surface area contributed by atoms with Crippen LogP contribution in [0.3, 0.4) is 0 Å². The maximum Gasteiger partial charge on any atom is 0.261 e. The SMILES string of the molecule is COc1ccc(C(CNC(=O)c2ccc(Cl)s2)N(C)C)cc1. The zero-order chi connectivity index (χ0) is 16.1. The van der Waals surface area contributed by atoms with Gasteiger partial charge in [0.1, 0.15) is 5.75 Å². The number of carbonyl (C=O) groups excluding carboxylic acids is 1. The second-order valence-electron chi connectivity index (χ2n) is 5.07. The Morgan fingerprint density at radius 2 is 1.95 bits per heavy atom. The average molecular weight is 339 g/mol. The fourth-order valence-corrected chi connectivity index (χ4v) is 3.10. The third-order valence-corrected chi connectivity index (χ3v) is 4.61. The van der Waals surface area contributed by atoms with Gasteiger partial charge in [-0.1, -0.05) is 23.7 Å². The molecule has 4 nitrogen and oxygen atoms in total.